The maximum atomic E-state index is 13.2. The molecule has 0 N–H and O–H groups in total. The van der Waals surface area contributed by atoms with Gasteiger partial charge in [-0.25, -0.2) is 0 Å². The zero-order valence-electron chi connectivity index (χ0n) is 11.1. The molecule has 21 heavy (non-hydrogen) atoms. The lowest BCUT2D eigenvalue weighted by atomic mass is 9.38. The molecule has 0 fully saturated rings. The molecule has 0 nitrogen and oxygen atoms in total. The monoisotopic (exact) mass is 308 g/mol. The standard InChI is InChI=1S/C16H13BClF3/c18-12-6-11-17(13-7-2-1-3-8-13)15-10-5-4-9-14(15)16(19,20)21/h1-10,12H,11H2. The number of halogens is 4. The molecule has 0 aliphatic rings. The van der Waals surface area contributed by atoms with Crippen LogP contribution in [0.3, 0.4) is 0 Å². The van der Waals surface area contributed by atoms with Crippen molar-refractivity contribution in [3.8, 4) is 0 Å². The van der Waals surface area contributed by atoms with Crippen LogP contribution in [0.1, 0.15) is 5.56 Å². The minimum Gasteiger partial charge on any atom is -0.166 e. The van der Waals surface area contributed by atoms with E-state index in [1.54, 1.807) is 12.1 Å². The lowest BCUT2D eigenvalue weighted by molar-refractivity contribution is -0.136. The highest BCUT2D eigenvalue weighted by molar-refractivity contribution is 6.85. The van der Waals surface area contributed by atoms with Crippen LogP contribution in [0.4, 0.5) is 13.2 Å². The fourth-order valence-electron chi connectivity index (χ4n) is 2.37. The Labute approximate surface area is 127 Å². The first-order valence-electron chi connectivity index (χ1n) is 6.50. The second-order valence-electron chi connectivity index (χ2n) is 4.65. The Morgan fingerprint density at radius 3 is 2.19 bits per heavy atom. The van der Waals surface area contributed by atoms with Crippen molar-refractivity contribution in [2.45, 2.75) is 12.5 Å². The summed E-state index contributed by atoms with van der Waals surface area (Å²) in [6.07, 6.45) is -2.28. The van der Waals surface area contributed by atoms with Crippen LogP contribution in [0.25, 0.3) is 0 Å². The van der Waals surface area contributed by atoms with Crippen molar-refractivity contribution in [2.75, 3.05) is 0 Å². The molecule has 0 saturated carbocycles. The summed E-state index contributed by atoms with van der Waals surface area (Å²) in [5, 5.41) is 0. The molecule has 0 bridgehead atoms. The molecule has 2 aromatic rings. The van der Waals surface area contributed by atoms with Crippen LogP contribution in [0.15, 0.2) is 66.2 Å². The van der Waals surface area contributed by atoms with E-state index in [1.165, 1.54) is 17.7 Å². The Kier molecular flexibility index (Phi) is 5.13. The van der Waals surface area contributed by atoms with Gasteiger partial charge in [-0.15, -0.1) is 0 Å². The molecule has 2 aromatic carbocycles. The molecule has 0 atom stereocenters. The van der Waals surface area contributed by atoms with Gasteiger partial charge in [0, 0.05) is 0 Å². The largest absolute Gasteiger partial charge is 0.415 e. The first-order chi connectivity index (χ1) is 10.0. The third-order valence-electron chi connectivity index (χ3n) is 3.30. The van der Waals surface area contributed by atoms with Crippen LogP contribution in [0, 0.1) is 0 Å². The maximum Gasteiger partial charge on any atom is 0.415 e. The van der Waals surface area contributed by atoms with Crippen molar-refractivity contribution in [1.82, 2.24) is 0 Å². The van der Waals surface area contributed by atoms with Crippen molar-refractivity contribution in [2.24, 2.45) is 0 Å². The second-order valence-corrected chi connectivity index (χ2v) is 4.90. The predicted molar refractivity (Wildman–Crippen MR) is 82.7 cm³/mol. The molecule has 0 unspecified atom stereocenters. The smallest absolute Gasteiger partial charge is 0.166 e. The molecule has 0 spiro atoms. The topological polar surface area (TPSA) is 0 Å². The molecule has 108 valence electrons. The lowest BCUT2D eigenvalue weighted by Crippen LogP contribution is -2.44. The Morgan fingerprint density at radius 1 is 0.952 bits per heavy atom. The third-order valence-corrected chi connectivity index (χ3v) is 3.48. The van der Waals surface area contributed by atoms with Gasteiger partial charge < -0.3 is 0 Å². The van der Waals surface area contributed by atoms with Gasteiger partial charge in [-0.2, -0.15) is 13.2 Å². The van der Waals surface area contributed by atoms with Crippen LogP contribution >= 0.6 is 11.6 Å². The number of hydrogen-bond acceptors (Lipinski definition) is 0. The van der Waals surface area contributed by atoms with Crippen molar-refractivity contribution in [1.29, 1.82) is 0 Å². The minimum absolute atomic E-state index is 0.269. The molecule has 0 aliphatic heterocycles. The van der Waals surface area contributed by atoms with Gasteiger partial charge in [0.1, 0.15) is 0 Å². The summed E-state index contributed by atoms with van der Waals surface area (Å²) in [6.45, 7) is -0.376. The number of allylic oxidation sites excluding steroid dienone is 1. The molecule has 0 aliphatic carbocycles. The van der Waals surface area contributed by atoms with Crippen LogP contribution in [-0.4, -0.2) is 6.71 Å². The molecular weight excluding hydrogens is 295 g/mol. The molecule has 0 aromatic heterocycles. The molecular formula is C16H13BClF3. The summed E-state index contributed by atoms with van der Waals surface area (Å²) < 4.78 is 39.6. The van der Waals surface area contributed by atoms with Gasteiger partial charge >= 0.3 is 6.18 Å². The Balaban J connectivity index is 2.52. The average molecular weight is 309 g/mol. The number of rotatable bonds is 4. The lowest BCUT2D eigenvalue weighted by Gasteiger charge is -2.18. The van der Waals surface area contributed by atoms with Crippen molar-refractivity contribution < 1.29 is 13.2 Å². The highest BCUT2D eigenvalue weighted by Gasteiger charge is 2.35. The summed E-state index contributed by atoms with van der Waals surface area (Å²) in [7, 11) is 0. The van der Waals surface area contributed by atoms with Gasteiger partial charge in [-0.1, -0.05) is 83.2 Å². The van der Waals surface area contributed by atoms with Crippen LogP contribution in [0.2, 0.25) is 6.32 Å². The normalized spacial score (nSPS) is 11.8. The van der Waals surface area contributed by atoms with Gasteiger partial charge in [0.25, 0.3) is 0 Å². The zero-order valence-corrected chi connectivity index (χ0v) is 11.9. The third kappa shape index (κ3) is 3.91. The van der Waals surface area contributed by atoms with E-state index in [9.17, 15) is 13.2 Å². The molecule has 5 heteroatoms. The SMILES string of the molecule is FC(F)(F)c1ccccc1B(CC=CCl)c1ccccc1. The molecule has 2 rings (SSSR count). The predicted octanol–water partition coefficient (Wildman–Crippen LogP) is 4.07. The van der Waals surface area contributed by atoms with E-state index >= 15 is 0 Å². The molecule has 0 radical (unpaired) electrons. The first-order valence-corrected chi connectivity index (χ1v) is 6.94. The fourth-order valence-corrected chi connectivity index (χ4v) is 2.48. The summed E-state index contributed by atoms with van der Waals surface area (Å²) in [6, 6.07) is 14.8. The van der Waals surface area contributed by atoms with E-state index in [1.807, 2.05) is 30.3 Å². The summed E-state index contributed by atoms with van der Waals surface area (Å²) in [5.41, 5.74) is 1.85. The molecule has 0 saturated heterocycles. The quantitative estimate of drug-likeness (QED) is 0.747. The summed E-state index contributed by atoms with van der Waals surface area (Å²) in [4.78, 5) is 0. The van der Waals surface area contributed by atoms with Gasteiger partial charge in [-0.05, 0) is 11.9 Å². The number of alkyl halides is 3. The highest BCUT2D eigenvalue weighted by atomic mass is 35.5. The minimum atomic E-state index is -4.37. The van der Waals surface area contributed by atoms with E-state index in [-0.39, 0.29) is 12.2 Å². The van der Waals surface area contributed by atoms with Crippen molar-refractivity contribution in [3.05, 3.63) is 71.8 Å². The van der Waals surface area contributed by atoms with Crippen molar-refractivity contribution >= 4 is 29.2 Å². The van der Waals surface area contributed by atoms with E-state index in [0.717, 1.165) is 11.5 Å². The van der Waals surface area contributed by atoms with Gasteiger partial charge in [0.05, 0.1) is 5.56 Å². The number of hydrogen-bond donors (Lipinski definition) is 0. The Hall–Kier alpha value is -1.68. The second kappa shape index (κ2) is 6.86. The Morgan fingerprint density at radius 2 is 1.57 bits per heavy atom. The van der Waals surface area contributed by atoms with E-state index in [4.69, 9.17) is 11.6 Å². The van der Waals surface area contributed by atoms with E-state index in [0.29, 0.717) is 6.32 Å². The maximum absolute atomic E-state index is 13.2. The van der Waals surface area contributed by atoms with Crippen LogP contribution in [-0.2, 0) is 6.18 Å². The van der Waals surface area contributed by atoms with Crippen molar-refractivity contribution in [3.63, 3.8) is 0 Å². The Bertz CT molecular complexity index is 608. The van der Waals surface area contributed by atoms with Crippen LogP contribution < -0.4 is 10.9 Å². The van der Waals surface area contributed by atoms with E-state index in [2.05, 4.69) is 0 Å². The average Bonchev–Trinajstić information content (AvgIpc) is 2.48. The van der Waals surface area contributed by atoms with E-state index < -0.39 is 11.7 Å². The fraction of sp³-hybridized carbons (Fsp3) is 0.125. The molecule has 0 heterocycles. The van der Waals surface area contributed by atoms with Gasteiger partial charge in [-0.3, -0.25) is 0 Å². The van der Waals surface area contributed by atoms with Gasteiger partial charge in [0.15, 0.2) is 0 Å². The highest BCUT2D eigenvalue weighted by Crippen LogP contribution is 2.28. The summed E-state index contributed by atoms with van der Waals surface area (Å²) in [5.74, 6) is 0. The summed E-state index contributed by atoms with van der Waals surface area (Å²) >= 11 is 5.55. The van der Waals surface area contributed by atoms with Gasteiger partial charge in [0.2, 0.25) is 6.71 Å². The zero-order chi connectivity index (χ0) is 15.3. The number of benzene rings is 2. The first kappa shape index (κ1) is 15.7. The van der Waals surface area contributed by atoms with Crippen LogP contribution in [0.5, 0.6) is 0 Å². The molecule has 0 amide bonds.